The Balaban J connectivity index is 1.67. The summed E-state index contributed by atoms with van der Waals surface area (Å²) in [6, 6.07) is 18.8. The molecule has 1 amide bonds. The lowest BCUT2D eigenvalue weighted by Crippen LogP contribution is -2.44. The molecule has 0 aliphatic carbocycles. The maximum absolute atomic E-state index is 13.6. The molecule has 4 rings (SSSR count). The van der Waals surface area contributed by atoms with Gasteiger partial charge in [-0.25, -0.2) is 4.68 Å². The Morgan fingerprint density at radius 1 is 1.03 bits per heavy atom. The second-order valence-electron chi connectivity index (χ2n) is 8.00. The molecule has 0 radical (unpaired) electrons. The number of ether oxygens (including phenoxy) is 1. The summed E-state index contributed by atoms with van der Waals surface area (Å²) >= 11 is 0. The quantitative estimate of drug-likeness (QED) is 0.528. The van der Waals surface area contributed by atoms with Crippen molar-refractivity contribution < 1.29 is 9.53 Å². The van der Waals surface area contributed by atoms with Gasteiger partial charge in [0.2, 0.25) is 0 Å². The molecule has 170 valence electrons. The number of amides is 1. The Bertz CT molecular complexity index is 1200. The first-order chi connectivity index (χ1) is 16.2. The fourth-order valence-corrected chi connectivity index (χ4v) is 3.99. The number of morpholine rings is 1. The van der Waals surface area contributed by atoms with Crippen LogP contribution in [-0.4, -0.2) is 71.4 Å². The van der Waals surface area contributed by atoms with Crippen LogP contribution in [0.15, 0.2) is 59.4 Å². The Morgan fingerprint density at radius 2 is 1.73 bits per heavy atom. The van der Waals surface area contributed by atoms with Crippen LogP contribution >= 0.6 is 0 Å². The molecular formula is C25H27N5O3. The number of carbonyl (C=O) groups excluding carboxylic acids is 1. The van der Waals surface area contributed by atoms with Gasteiger partial charge in [-0.1, -0.05) is 48.5 Å². The van der Waals surface area contributed by atoms with Gasteiger partial charge in [-0.15, -0.1) is 0 Å². The molecule has 0 unspecified atom stereocenters. The first-order valence-corrected chi connectivity index (χ1v) is 11.2. The van der Waals surface area contributed by atoms with Gasteiger partial charge in [-0.3, -0.25) is 14.5 Å². The normalized spacial score (nSPS) is 14.2. The van der Waals surface area contributed by atoms with Crippen LogP contribution in [0.5, 0.6) is 0 Å². The van der Waals surface area contributed by atoms with E-state index in [9.17, 15) is 9.59 Å². The van der Waals surface area contributed by atoms with E-state index in [-0.39, 0.29) is 30.1 Å². The van der Waals surface area contributed by atoms with Gasteiger partial charge >= 0.3 is 0 Å². The number of fused-ring (bicyclic) bond motifs is 1. The third kappa shape index (κ3) is 5.45. The third-order valence-corrected chi connectivity index (χ3v) is 5.82. The number of nitrogens with zero attached hydrogens (tertiary/aromatic N) is 5. The second-order valence-corrected chi connectivity index (χ2v) is 8.00. The van der Waals surface area contributed by atoms with Gasteiger partial charge in [-0.05, 0) is 11.6 Å². The molecule has 1 fully saturated rings. The fraction of sp³-hybridized carbons (Fsp3) is 0.360. The molecule has 0 saturated carbocycles. The Labute approximate surface area is 192 Å². The average Bonchev–Trinajstić information content (AvgIpc) is 2.87. The molecule has 1 saturated heterocycles. The molecule has 8 heteroatoms. The number of rotatable bonds is 8. The highest BCUT2D eigenvalue weighted by Crippen LogP contribution is 2.16. The number of hydrogen-bond donors (Lipinski definition) is 0. The predicted octanol–water partition coefficient (Wildman–Crippen LogP) is 2.13. The van der Waals surface area contributed by atoms with E-state index in [1.807, 2.05) is 30.3 Å². The molecule has 2 heterocycles. The van der Waals surface area contributed by atoms with E-state index in [1.165, 1.54) is 4.68 Å². The molecule has 0 spiro atoms. The molecular weight excluding hydrogens is 418 g/mol. The molecule has 3 aromatic rings. The number of nitriles is 1. The molecule has 0 N–H and O–H groups in total. The Kier molecular flexibility index (Phi) is 7.45. The highest BCUT2D eigenvalue weighted by molar-refractivity contribution is 6.04. The van der Waals surface area contributed by atoms with Crippen molar-refractivity contribution >= 4 is 16.7 Å². The summed E-state index contributed by atoms with van der Waals surface area (Å²) in [7, 11) is 0. The largest absolute Gasteiger partial charge is 0.379 e. The molecule has 8 nitrogen and oxygen atoms in total. The van der Waals surface area contributed by atoms with Crippen LogP contribution in [-0.2, 0) is 11.3 Å². The third-order valence-electron chi connectivity index (χ3n) is 5.82. The first-order valence-electron chi connectivity index (χ1n) is 11.2. The highest BCUT2D eigenvalue weighted by Gasteiger charge is 2.23. The molecule has 2 aromatic carbocycles. The smallest absolute Gasteiger partial charge is 0.275 e. The Morgan fingerprint density at radius 3 is 2.45 bits per heavy atom. The van der Waals surface area contributed by atoms with Gasteiger partial charge < -0.3 is 9.64 Å². The summed E-state index contributed by atoms with van der Waals surface area (Å²) in [5.74, 6) is -0.267. The molecule has 33 heavy (non-hydrogen) atoms. The molecule has 1 aliphatic heterocycles. The van der Waals surface area contributed by atoms with Crippen LogP contribution in [0.1, 0.15) is 22.5 Å². The maximum atomic E-state index is 13.6. The monoisotopic (exact) mass is 445 g/mol. The SMILES string of the molecule is N#CCCN(CCN1CCOCC1)C(=O)c1nn(Cc2ccccc2)c(=O)c2ccccc12. The maximum Gasteiger partial charge on any atom is 0.275 e. The molecule has 1 aliphatic rings. The summed E-state index contributed by atoms with van der Waals surface area (Å²) in [6.07, 6.45) is 0.233. The number of benzene rings is 2. The zero-order valence-corrected chi connectivity index (χ0v) is 18.5. The summed E-state index contributed by atoms with van der Waals surface area (Å²) in [5, 5.41) is 14.6. The van der Waals surface area contributed by atoms with Crippen molar-refractivity contribution in [1.29, 1.82) is 5.26 Å². The van der Waals surface area contributed by atoms with Crippen molar-refractivity contribution in [2.75, 3.05) is 45.9 Å². The van der Waals surface area contributed by atoms with Crippen molar-refractivity contribution in [2.45, 2.75) is 13.0 Å². The van der Waals surface area contributed by atoms with Gasteiger partial charge in [0.25, 0.3) is 11.5 Å². The van der Waals surface area contributed by atoms with Gasteiger partial charge in [0.05, 0.1) is 37.6 Å². The van der Waals surface area contributed by atoms with Crippen LogP contribution in [0.4, 0.5) is 0 Å². The summed E-state index contributed by atoms with van der Waals surface area (Å²) in [4.78, 5) is 30.7. The summed E-state index contributed by atoms with van der Waals surface area (Å²) < 4.78 is 6.76. The van der Waals surface area contributed by atoms with Gasteiger partial charge in [0, 0.05) is 38.1 Å². The molecule has 0 bridgehead atoms. The Hall–Kier alpha value is -3.54. The van der Waals surface area contributed by atoms with Crippen LogP contribution in [0.2, 0.25) is 0 Å². The zero-order chi connectivity index (χ0) is 23.0. The first kappa shape index (κ1) is 22.6. The van der Waals surface area contributed by atoms with E-state index in [2.05, 4.69) is 16.1 Å². The van der Waals surface area contributed by atoms with Crippen LogP contribution in [0, 0.1) is 11.3 Å². The van der Waals surface area contributed by atoms with Crippen molar-refractivity contribution in [3.05, 3.63) is 76.2 Å². The van der Waals surface area contributed by atoms with E-state index in [0.29, 0.717) is 43.6 Å². The minimum Gasteiger partial charge on any atom is -0.379 e. The summed E-state index contributed by atoms with van der Waals surface area (Å²) in [6.45, 7) is 4.78. The number of carbonyl (C=O) groups is 1. The van der Waals surface area contributed by atoms with Gasteiger partial charge in [0.15, 0.2) is 5.69 Å². The van der Waals surface area contributed by atoms with Crippen LogP contribution in [0.25, 0.3) is 10.8 Å². The van der Waals surface area contributed by atoms with Crippen LogP contribution < -0.4 is 5.56 Å². The summed E-state index contributed by atoms with van der Waals surface area (Å²) in [5.41, 5.74) is 0.929. The average molecular weight is 446 g/mol. The van der Waals surface area contributed by atoms with E-state index < -0.39 is 0 Å². The lowest BCUT2D eigenvalue weighted by Gasteiger charge is -2.30. The fourth-order valence-electron chi connectivity index (χ4n) is 3.99. The van der Waals surface area contributed by atoms with Crippen LogP contribution in [0.3, 0.4) is 0 Å². The number of hydrogen-bond acceptors (Lipinski definition) is 6. The highest BCUT2D eigenvalue weighted by atomic mass is 16.5. The molecule has 1 aromatic heterocycles. The van der Waals surface area contributed by atoms with Crippen molar-refractivity contribution in [3.8, 4) is 6.07 Å². The van der Waals surface area contributed by atoms with Gasteiger partial charge in [-0.2, -0.15) is 10.4 Å². The van der Waals surface area contributed by atoms with E-state index in [0.717, 1.165) is 18.7 Å². The van der Waals surface area contributed by atoms with E-state index in [1.54, 1.807) is 29.2 Å². The standard InChI is InChI=1S/C25H27N5O3/c26-11-6-12-29(14-13-28-15-17-33-18-16-28)25(32)23-21-9-4-5-10-22(21)24(31)30(27-23)19-20-7-2-1-3-8-20/h1-5,7-10H,6,12-19H2. The van der Waals surface area contributed by atoms with Gasteiger partial charge in [0.1, 0.15) is 0 Å². The zero-order valence-electron chi connectivity index (χ0n) is 18.5. The van der Waals surface area contributed by atoms with Crippen molar-refractivity contribution in [3.63, 3.8) is 0 Å². The van der Waals surface area contributed by atoms with E-state index in [4.69, 9.17) is 10.00 Å². The van der Waals surface area contributed by atoms with Crippen molar-refractivity contribution in [2.24, 2.45) is 0 Å². The number of aromatic nitrogens is 2. The second kappa shape index (κ2) is 10.9. The van der Waals surface area contributed by atoms with E-state index >= 15 is 0 Å². The molecule has 0 atom stereocenters. The lowest BCUT2D eigenvalue weighted by molar-refractivity contribution is 0.0325. The minimum atomic E-state index is -0.267. The van der Waals surface area contributed by atoms with Crippen molar-refractivity contribution in [1.82, 2.24) is 19.6 Å². The lowest BCUT2D eigenvalue weighted by atomic mass is 10.1. The topological polar surface area (TPSA) is 91.5 Å². The predicted molar refractivity (Wildman–Crippen MR) is 125 cm³/mol. The minimum absolute atomic E-state index is 0.233.